The van der Waals surface area contributed by atoms with Crippen LogP contribution in [0.3, 0.4) is 0 Å². The molecule has 98 valence electrons. The van der Waals surface area contributed by atoms with E-state index >= 15 is 0 Å². The Morgan fingerprint density at radius 1 is 1.35 bits per heavy atom. The van der Waals surface area contributed by atoms with E-state index in [4.69, 9.17) is 9.84 Å². The van der Waals surface area contributed by atoms with Crippen LogP contribution in [-0.2, 0) is 14.3 Å². The monoisotopic (exact) mass is 244 g/mol. The van der Waals surface area contributed by atoms with Crippen LogP contribution >= 0.6 is 0 Å². The SMILES string of the molecule is CN(C)C(=O)CN1CCC(OCC(=O)O)CC1. The Bertz CT molecular complexity index is 273. The van der Waals surface area contributed by atoms with Gasteiger partial charge < -0.3 is 14.7 Å². The van der Waals surface area contributed by atoms with E-state index in [2.05, 4.69) is 4.90 Å². The molecule has 6 heteroatoms. The van der Waals surface area contributed by atoms with Gasteiger partial charge in [-0.2, -0.15) is 0 Å². The van der Waals surface area contributed by atoms with Gasteiger partial charge in [-0.1, -0.05) is 0 Å². The number of piperidine rings is 1. The topological polar surface area (TPSA) is 70.1 Å². The van der Waals surface area contributed by atoms with E-state index in [0.29, 0.717) is 6.54 Å². The largest absolute Gasteiger partial charge is 0.480 e. The number of likely N-dealkylation sites (N-methyl/N-ethyl adjacent to an activating group) is 1. The van der Waals surface area contributed by atoms with Crippen LogP contribution < -0.4 is 0 Å². The minimum atomic E-state index is -0.935. The molecule has 0 spiro atoms. The molecule has 0 aromatic heterocycles. The number of likely N-dealkylation sites (tertiary alicyclic amines) is 1. The molecule has 0 bridgehead atoms. The Morgan fingerprint density at radius 2 is 1.94 bits per heavy atom. The minimum absolute atomic E-state index is 0.0109. The number of carbonyl (C=O) groups excluding carboxylic acids is 1. The van der Waals surface area contributed by atoms with E-state index in [0.717, 1.165) is 25.9 Å². The lowest BCUT2D eigenvalue weighted by Gasteiger charge is -2.31. The van der Waals surface area contributed by atoms with E-state index < -0.39 is 5.97 Å². The highest BCUT2D eigenvalue weighted by atomic mass is 16.5. The second kappa shape index (κ2) is 6.56. The number of ether oxygens (including phenoxy) is 1. The maximum Gasteiger partial charge on any atom is 0.329 e. The Labute approximate surface area is 101 Å². The summed E-state index contributed by atoms with van der Waals surface area (Å²) in [4.78, 5) is 25.5. The molecule has 0 radical (unpaired) electrons. The second-order valence-electron chi connectivity index (χ2n) is 4.47. The van der Waals surface area contributed by atoms with Crippen LogP contribution in [0, 0.1) is 0 Å². The molecule has 1 aliphatic rings. The summed E-state index contributed by atoms with van der Waals surface area (Å²) in [5, 5.41) is 8.49. The number of carbonyl (C=O) groups is 2. The van der Waals surface area contributed by atoms with Crippen molar-refractivity contribution in [2.24, 2.45) is 0 Å². The molecule has 0 saturated carbocycles. The van der Waals surface area contributed by atoms with Crippen LogP contribution in [0.4, 0.5) is 0 Å². The Morgan fingerprint density at radius 3 is 2.41 bits per heavy atom. The van der Waals surface area contributed by atoms with Crippen LogP contribution in [0.1, 0.15) is 12.8 Å². The Kier molecular flexibility index (Phi) is 5.37. The van der Waals surface area contributed by atoms with Gasteiger partial charge in [0.15, 0.2) is 0 Å². The average Bonchev–Trinajstić information content (AvgIpc) is 2.28. The number of amides is 1. The fourth-order valence-corrected chi connectivity index (χ4v) is 1.76. The second-order valence-corrected chi connectivity index (χ2v) is 4.47. The van der Waals surface area contributed by atoms with Crippen molar-refractivity contribution in [2.75, 3.05) is 40.3 Å². The quantitative estimate of drug-likeness (QED) is 0.715. The maximum absolute atomic E-state index is 11.5. The van der Waals surface area contributed by atoms with Crippen molar-refractivity contribution in [3.63, 3.8) is 0 Å². The molecule has 0 aromatic rings. The number of carboxylic acid groups (broad SMARTS) is 1. The first-order chi connectivity index (χ1) is 7.99. The van der Waals surface area contributed by atoms with Crippen LogP contribution in [0.2, 0.25) is 0 Å². The van der Waals surface area contributed by atoms with Crippen LogP contribution in [-0.4, -0.2) is 73.2 Å². The molecule has 17 heavy (non-hydrogen) atoms. The molecule has 1 fully saturated rings. The molecule has 1 heterocycles. The van der Waals surface area contributed by atoms with E-state index in [1.807, 2.05) is 0 Å². The van der Waals surface area contributed by atoms with Crippen molar-refractivity contribution >= 4 is 11.9 Å². The fourth-order valence-electron chi connectivity index (χ4n) is 1.76. The van der Waals surface area contributed by atoms with E-state index in [9.17, 15) is 9.59 Å². The average molecular weight is 244 g/mol. The zero-order chi connectivity index (χ0) is 12.8. The Hall–Kier alpha value is -1.14. The first-order valence-electron chi connectivity index (χ1n) is 5.75. The number of nitrogens with zero attached hydrogens (tertiary/aromatic N) is 2. The maximum atomic E-state index is 11.5. The van der Waals surface area contributed by atoms with Gasteiger partial charge in [-0.25, -0.2) is 4.79 Å². The van der Waals surface area contributed by atoms with Crippen molar-refractivity contribution in [1.82, 2.24) is 9.80 Å². The first-order valence-corrected chi connectivity index (χ1v) is 5.75. The zero-order valence-corrected chi connectivity index (χ0v) is 10.4. The smallest absolute Gasteiger partial charge is 0.329 e. The lowest BCUT2D eigenvalue weighted by Crippen LogP contribution is -2.43. The molecule has 0 unspecified atom stereocenters. The van der Waals surface area contributed by atoms with Gasteiger partial charge in [-0.05, 0) is 12.8 Å². The standard InChI is InChI=1S/C11H20N2O4/c1-12(2)10(14)7-13-5-3-9(4-6-13)17-8-11(15)16/h9H,3-8H2,1-2H3,(H,15,16). The van der Waals surface area contributed by atoms with Crippen molar-refractivity contribution in [3.8, 4) is 0 Å². The molecule has 6 nitrogen and oxygen atoms in total. The van der Waals surface area contributed by atoms with Crippen LogP contribution in [0.15, 0.2) is 0 Å². The van der Waals surface area contributed by atoms with Crippen molar-refractivity contribution in [2.45, 2.75) is 18.9 Å². The molecule has 1 aliphatic heterocycles. The van der Waals surface area contributed by atoms with Crippen molar-refractivity contribution in [1.29, 1.82) is 0 Å². The molecule has 0 atom stereocenters. The summed E-state index contributed by atoms with van der Waals surface area (Å²) in [6, 6.07) is 0. The number of carboxylic acids is 1. The van der Waals surface area contributed by atoms with Gasteiger partial charge >= 0.3 is 5.97 Å². The van der Waals surface area contributed by atoms with E-state index in [1.54, 1.807) is 19.0 Å². The van der Waals surface area contributed by atoms with Crippen LogP contribution in [0.5, 0.6) is 0 Å². The molecule has 1 saturated heterocycles. The molecule has 0 aromatic carbocycles. The Balaban J connectivity index is 2.21. The van der Waals surface area contributed by atoms with Gasteiger partial charge in [-0.15, -0.1) is 0 Å². The predicted octanol–water partition coefficient (Wildman–Crippen LogP) is -0.360. The van der Waals surface area contributed by atoms with Crippen LogP contribution in [0.25, 0.3) is 0 Å². The lowest BCUT2D eigenvalue weighted by atomic mass is 10.1. The first kappa shape index (κ1) is 13.9. The summed E-state index contributed by atoms with van der Waals surface area (Å²) in [6.45, 7) is 1.76. The van der Waals surface area contributed by atoms with Gasteiger partial charge in [0.05, 0.1) is 12.6 Å². The number of rotatable bonds is 5. The molecular weight excluding hydrogens is 224 g/mol. The molecule has 1 rings (SSSR count). The number of hydrogen-bond acceptors (Lipinski definition) is 4. The summed E-state index contributed by atoms with van der Waals surface area (Å²) in [6.07, 6.45) is 1.58. The van der Waals surface area contributed by atoms with E-state index in [-0.39, 0.29) is 18.6 Å². The lowest BCUT2D eigenvalue weighted by molar-refractivity contribution is -0.145. The van der Waals surface area contributed by atoms with Gasteiger partial charge in [0.1, 0.15) is 6.61 Å². The summed E-state index contributed by atoms with van der Waals surface area (Å²) >= 11 is 0. The summed E-state index contributed by atoms with van der Waals surface area (Å²) < 4.78 is 5.22. The van der Waals surface area contributed by atoms with Gasteiger partial charge in [0, 0.05) is 27.2 Å². The molecule has 1 N–H and O–H groups in total. The summed E-state index contributed by atoms with van der Waals surface area (Å²) in [7, 11) is 3.48. The van der Waals surface area contributed by atoms with Crippen molar-refractivity contribution < 1.29 is 19.4 Å². The third-order valence-electron chi connectivity index (χ3n) is 2.83. The molecule has 1 amide bonds. The summed E-state index contributed by atoms with van der Waals surface area (Å²) in [5.41, 5.74) is 0. The highest BCUT2D eigenvalue weighted by Crippen LogP contribution is 2.13. The normalized spacial score (nSPS) is 18.0. The minimum Gasteiger partial charge on any atom is -0.480 e. The third kappa shape index (κ3) is 5.14. The van der Waals surface area contributed by atoms with Gasteiger partial charge in [-0.3, -0.25) is 9.69 Å². The highest BCUT2D eigenvalue weighted by Gasteiger charge is 2.22. The number of hydrogen-bond donors (Lipinski definition) is 1. The highest BCUT2D eigenvalue weighted by molar-refractivity contribution is 5.77. The molecular formula is C11H20N2O4. The third-order valence-corrected chi connectivity index (χ3v) is 2.83. The van der Waals surface area contributed by atoms with E-state index in [1.165, 1.54) is 0 Å². The molecule has 0 aliphatic carbocycles. The number of aliphatic carboxylic acids is 1. The van der Waals surface area contributed by atoms with Crippen molar-refractivity contribution in [3.05, 3.63) is 0 Å². The predicted molar refractivity (Wildman–Crippen MR) is 61.7 cm³/mol. The summed E-state index contributed by atoms with van der Waals surface area (Å²) in [5.74, 6) is -0.842. The zero-order valence-electron chi connectivity index (χ0n) is 10.4. The fraction of sp³-hybridized carbons (Fsp3) is 0.818. The van der Waals surface area contributed by atoms with Gasteiger partial charge in [0.25, 0.3) is 0 Å². The van der Waals surface area contributed by atoms with Gasteiger partial charge in [0.2, 0.25) is 5.91 Å².